The van der Waals surface area contributed by atoms with Crippen molar-refractivity contribution in [3.63, 3.8) is 0 Å². The molecule has 0 fully saturated rings. The summed E-state index contributed by atoms with van der Waals surface area (Å²) in [5.74, 6) is 0. The van der Waals surface area contributed by atoms with Gasteiger partial charge in [0.05, 0.1) is 16.7 Å². The SMILES string of the molecule is Cc1c(-c2c3oc4c(-n5c6ccccc6c6ccccc65)cccc4c3cc[n+]2C)sc2ccccc12. The maximum absolute atomic E-state index is 6.89. The summed E-state index contributed by atoms with van der Waals surface area (Å²) < 4.78 is 12.7. The van der Waals surface area contributed by atoms with Gasteiger partial charge in [-0.2, -0.15) is 4.57 Å². The minimum atomic E-state index is 0.912. The number of fused-ring (bicyclic) bond motifs is 7. The smallest absolute Gasteiger partial charge is 0.266 e. The van der Waals surface area contributed by atoms with Gasteiger partial charge in [0.1, 0.15) is 11.9 Å². The zero-order valence-corrected chi connectivity index (χ0v) is 21.3. The van der Waals surface area contributed by atoms with Gasteiger partial charge in [-0.05, 0) is 42.1 Å². The number of para-hydroxylation sites is 3. The Hall–Kier alpha value is -4.41. The fourth-order valence-electron chi connectivity index (χ4n) is 5.91. The van der Waals surface area contributed by atoms with Gasteiger partial charge in [0.15, 0.2) is 11.8 Å². The zero-order chi connectivity index (χ0) is 24.7. The second-order valence-corrected chi connectivity index (χ2v) is 10.7. The molecular formula is C33H23N2OS+. The molecule has 3 nitrogen and oxygen atoms in total. The Labute approximate surface area is 217 Å². The Bertz CT molecular complexity index is 2120. The van der Waals surface area contributed by atoms with Crippen LogP contribution < -0.4 is 4.57 Å². The average Bonchev–Trinajstić information content (AvgIpc) is 3.58. The number of pyridine rings is 1. The number of hydrogen-bond acceptors (Lipinski definition) is 2. The van der Waals surface area contributed by atoms with Crippen molar-refractivity contribution in [1.82, 2.24) is 4.57 Å². The summed E-state index contributed by atoms with van der Waals surface area (Å²) in [6.45, 7) is 2.22. The Balaban J connectivity index is 1.49. The zero-order valence-electron chi connectivity index (χ0n) is 20.5. The summed E-state index contributed by atoms with van der Waals surface area (Å²) in [6.07, 6.45) is 2.16. The molecule has 176 valence electrons. The molecule has 4 aromatic carbocycles. The van der Waals surface area contributed by atoms with Gasteiger partial charge in [-0.3, -0.25) is 0 Å². The Morgan fingerprint density at radius 3 is 2.00 bits per heavy atom. The van der Waals surface area contributed by atoms with Crippen LogP contribution in [0.1, 0.15) is 5.56 Å². The summed E-state index contributed by atoms with van der Waals surface area (Å²) in [5, 5.41) is 6.08. The highest BCUT2D eigenvalue weighted by atomic mass is 32.1. The molecule has 8 aromatic rings. The van der Waals surface area contributed by atoms with Crippen molar-refractivity contribution >= 4 is 65.2 Å². The van der Waals surface area contributed by atoms with E-state index >= 15 is 0 Å². The summed E-state index contributed by atoms with van der Waals surface area (Å²) in [7, 11) is 2.11. The van der Waals surface area contributed by atoms with Gasteiger partial charge in [-0.25, -0.2) is 0 Å². The molecule has 0 aliphatic heterocycles. The summed E-state index contributed by atoms with van der Waals surface area (Å²) in [6, 6.07) is 34.6. The quantitative estimate of drug-likeness (QED) is 0.220. The predicted octanol–water partition coefficient (Wildman–Crippen LogP) is 8.70. The van der Waals surface area contributed by atoms with Crippen LogP contribution in [-0.2, 0) is 7.05 Å². The fourth-order valence-corrected chi connectivity index (χ4v) is 7.20. The molecule has 37 heavy (non-hydrogen) atoms. The molecule has 4 heteroatoms. The van der Waals surface area contributed by atoms with E-state index in [1.807, 2.05) is 11.3 Å². The van der Waals surface area contributed by atoms with E-state index in [1.165, 1.54) is 42.3 Å². The van der Waals surface area contributed by atoms with Crippen molar-refractivity contribution < 1.29 is 8.98 Å². The van der Waals surface area contributed by atoms with Gasteiger partial charge < -0.3 is 8.98 Å². The van der Waals surface area contributed by atoms with Gasteiger partial charge in [0.25, 0.3) is 5.69 Å². The number of furan rings is 1. The normalized spacial score (nSPS) is 12.1. The van der Waals surface area contributed by atoms with Crippen molar-refractivity contribution in [3.8, 4) is 16.3 Å². The number of nitrogens with zero attached hydrogens (tertiary/aromatic N) is 2. The Morgan fingerprint density at radius 2 is 1.27 bits per heavy atom. The highest BCUT2D eigenvalue weighted by molar-refractivity contribution is 7.22. The molecule has 0 saturated heterocycles. The highest BCUT2D eigenvalue weighted by Gasteiger charge is 2.26. The van der Waals surface area contributed by atoms with Crippen LogP contribution in [0, 0.1) is 6.92 Å². The van der Waals surface area contributed by atoms with Crippen molar-refractivity contribution in [2.75, 3.05) is 0 Å². The third-order valence-corrected chi connectivity index (χ3v) is 8.93. The first kappa shape index (κ1) is 20.7. The van der Waals surface area contributed by atoms with Gasteiger partial charge in [-0.15, -0.1) is 11.3 Å². The molecule has 0 aliphatic rings. The van der Waals surface area contributed by atoms with Crippen LogP contribution in [0.3, 0.4) is 0 Å². The third kappa shape index (κ3) is 2.79. The van der Waals surface area contributed by atoms with E-state index in [0.717, 1.165) is 33.3 Å². The number of aromatic nitrogens is 2. The van der Waals surface area contributed by atoms with Crippen LogP contribution in [0.25, 0.3) is 70.1 Å². The molecule has 0 atom stereocenters. The lowest BCUT2D eigenvalue weighted by Gasteiger charge is -2.08. The molecule has 0 amide bonds. The van der Waals surface area contributed by atoms with E-state index in [2.05, 4.69) is 126 Å². The first-order valence-electron chi connectivity index (χ1n) is 12.5. The maximum Gasteiger partial charge on any atom is 0.266 e. The van der Waals surface area contributed by atoms with E-state index in [9.17, 15) is 0 Å². The van der Waals surface area contributed by atoms with Crippen molar-refractivity contribution in [1.29, 1.82) is 0 Å². The van der Waals surface area contributed by atoms with Gasteiger partial charge in [-0.1, -0.05) is 66.7 Å². The predicted molar refractivity (Wildman–Crippen MR) is 155 cm³/mol. The van der Waals surface area contributed by atoms with Crippen LogP contribution in [0.15, 0.2) is 108 Å². The summed E-state index contributed by atoms with van der Waals surface area (Å²) >= 11 is 1.84. The molecule has 4 aromatic heterocycles. The molecule has 0 radical (unpaired) electrons. The minimum absolute atomic E-state index is 0.912. The fraction of sp³-hybridized carbons (Fsp3) is 0.0606. The van der Waals surface area contributed by atoms with Crippen molar-refractivity contribution in [2.24, 2.45) is 7.05 Å². The molecule has 0 unspecified atom stereocenters. The lowest BCUT2D eigenvalue weighted by molar-refractivity contribution is -0.659. The summed E-state index contributed by atoms with van der Waals surface area (Å²) in [5.41, 5.74) is 7.70. The van der Waals surface area contributed by atoms with Gasteiger partial charge in [0.2, 0.25) is 5.58 Å². The van der Waals surface area contributed by atoms with Crippen LogP contribution >= 0.6 is 11.3 Å². The third-order valence-electron chi connectivity index (χ3n) is 7.65. The molecule has 0 saturated carbocycles. The van der Waals surface area contributed by atoms with E-state index in [-0.39, 0.29) is 0 Å². The average molecular weight is 496 g/mol. The molecule has 8 rings (SSSR count). The molecular weight excluding hydrogens is 472 g/mol. The van der Waals surface area contributed by atoms with Crippen LogP contribution in [-0.4, -0.2) is 4.57 Å². The number of aryl methyl sites for hydroxylation is 2. The van der Waals surface area contributed by atoms with E-state index in [4.69, 9.17) is 4.42 Å². The van der Waals surface area contributed by atoms with Crippen LogP contribution in [0.2, 0.25) is 0 Å². The van der Waals surface area contributed by atoms with E-state index in [1.54, 1.807) is 0 Å². The molecule has 4 heterocycles. The molecule has 0 aliphatic carbocycles. The van der Waals surface area contributed by atoms with Crippen LogP contribution in [0.4, 0.5) is 0 Å². The Morgan fingerprint density at radius 1 is 0.649 bits per heavy atom. The maximum atomic E-state index is 6.89. The number of benzene rings is 4. The number of rotatable bonds is 2. The van der Waals surface area contributed by atoms with E-state index in [0.29, 0.717) is 0 Å². The largest absolute Gasteiger partial charge is 0.447 e. The lowest BCUT2D eigenvalue weighted by Crippen LogP contribution is -2.30. The molecule has 0 bridgehead atoms. The van der Waals surface area contributed by atoms with Crippen LogP contribution in [0.5, 0.6) is 0 Å². The first-order chi connectivity index (χ1) is 18.2. The minimum Gasteiger partial charge on any atom is -0.447 e. The summed E-state index contributed by atoms with van der Waals surface area (Å²) in [4.78, 5) is 1.26. The van der Waals surface area contributed by atoms with Gasteiger partial charge in [0, 0.05) is 32.3 Å². The van der Waals surface area contributed by atoms with Crippen molar-refractivity contribution in [2.45, 2.75) is 6.92 Å². The number of thiophene rings is 1. The molecule has 0 N–H and O–H groups in total. The molecule has 0 spiro atoms. The second-order valence-electron chi connectivity index (χ2n) is 9.70. The first-order valence-corrected chi connectivity index (χ1v) is 13.3. The second kappa shape index (κ2) is 7.55. The standard InChI is InChI=1S/C33H23N2OS/c1-20-21-10-5-8-17-29(21)37-33(20)30-32-25(18-19-34(30)2)24-13-9-16-28(31(24)36-32)35-26-14-6-3-11-22(26)23-12-4-7-15-27(23)35/h3-19H,1-2H3/q+1. The lowest BCUT2D eigenvalue weighted by atomic mass is 10.1. The van der Waals surface area contributed by atoms with Gasteiger partial charge >= 0.3 is 0 Å². The Kier molecular flexibility index (Phi) is 4.23. The highest BCUT2D eigenvalue weighted by Crippen LogP contribution is 2.43. The van der Waals surface area contributed by atoms with Crippen molar-refractivity contribution in [3.05, 3.63) is 109 Å². The monoisotopic (exact) mass is 495 g/mol. The number of hydrogen-bond donors (Lipinski definition) is 0. The van der Waals surface area contributed by atoms with E-state index < -0.39 is 0 Å². The topological polar surface area (TPSA) is 21.9 Å².